The van der Waals surface area contributed by atoms with Gasteiger partial charge in [0.25, 0.3) is 0 Å². The van der Waals surface area contributed by atoms with Crippen LogP contribution in [0.1, 0.15) is 54.4 Å². The summed E-state index contributed by atoms with van der Waals surface area (Å²) >= 11 is 0. The van der Waals surface area contributed by atoms with Crippen molar-refractivity contribution >= 4 is 5.78 Å². The Kier molecular flexibility index (Phi) is 9.36. The lowest BCUT2D eigenvalue weighted by Crippen LogP contribution is -2.30. The summed E-state index contributed by atoms with van der Waals surface area (Å²) in [7, 11) is 0. The largest absolute Gasteiger partial charge is 0.372 e. The summed E-state index contributed by atoms with van der Waals surface area (Å²) in [5.74, 6) is 2.44. The third-order valence-electron chi connectivity index (χ3n) is 2.93. The number of carbonyl (C=O) groups is 1. The highest BCUT2D eigenvalue weighted by Crippen LogP contribution is 2.02. The van der Waals surface area contributed by atoms with Crippen LogP contribution in [0.25, 0.3) is 0 Å². The molecule has 0 bridgehead atoms. The lowest BCUT2D eigenvalue weighted by molar-refractivity contribution is -0.117. The van der Waals surface area contributed by atoms with Gasteiger partial charge in [0.1, 0.15) is 5.82 Å². The third-order valence-corrected chi connectivity index (χ3v) is 2.93. The second kappa shape index (κ2) is 9.88. The van der Waals surface area contributed by atoms with Crippen LogP contribution >= 0.6 is 0 Å². The van der Waals surface area contributed by atoms with E-state index in [1.54, 1.807) is 6.08 Å². The second-order valence-electron chi connectivity index (χ2n) is 6.33. The minimum Gasteiger partial charge on any atom is -0.372 e. The molecule has 0 amide bonds. The van der Waals surface area contributed by atoms with Crippen LogP contribution in [0, 0.1) is 17.8 Å². The molecule has 0 saturated heterocycles. The summed E-state index contributed by atoms with van der Waals surface area (Å²) in [6.45, 7) is 14.5. The van der Waals surface area contributed by atoms with Crippen LogP contribution in [0.5, 0.6) is 0 Å². The molecule has 3 nitrogen and oxygen atoms in total. The topological polar surface area (TPSA) is 41.1 Å². The van der Waals surface area contributed by atoms with Crippen molar-refractivity contribution in [3.05, 3.63) is 11.9 Å². The van der Waals surface area contributed by atoms with Gasteiger partial charge in [0.15, 0.2) is 5.78 Å². The zero-order valence-electron chi connectivity index (χ0n) is 13.5. The smallest absolute Gasteiger partial charge is 0.161 e. The highest BCUT2D eigenvalue weighted by atomic mass is 16.1. The SMILES string of the molecule is CC(C)CCNC(=CC(=O)C(C)C)NCCC(C)C. The lowest BCUT2D eigenvalue weighted by Gasteiger charge is -2.15. The number of carbonyl (C=O) groups excluding carboxylic acids is 1. The summed E-state index contributed by atoms with van der Waals surface area (Å²) in [5.41, 5.74) is 0. The number of ketones is 1. The van der Waals surface area contributed by atoms with E-state index in [-0.39, 0.29) is 11.7 Å². The molecule has 0 aromatic carbocycles. The molecule has 0 aromatic heterocycles. The van der Waals surface area contributed by atoms with E-state index in [1.165, 1.54) is 0 Å². The molecule has 0 heterocycles. The average molecular weight is 268 g/mol. The highest BCUT2D eigenvalue weighted by Gasteiger charge is 2.06. The van der Waals surface area contributed by atoms with Crippen LogP contribution in [0.15, 0.2) is 11.9 Å². The molecule has 0 atom stereocenters. The van der Waals surface area contributed by atoms with Gasteiger partial charge in [0.05, 0.1) is 0 Å². The standard InChI is InChI=1S/C16H32N2O/c1-12(2)7-9-17-16(11-15(19)14(5)6)18-10-8-13(3)4/h11-14,17-18H,7-10H2,1-6H3. The van der Waals surface area contributed by atoms with Crippen LogP contribution in [-0.4, -0.2) is 18.9 Å². The summed E-state index contributed by atoms with van der Waals surface area (Å²) in [6, 6.07) is 0. The first kappa shape index (κ1) is 18.0. The molecule has 0 fully saturated rings. The zero-order chi connectivity index (χ0) is 14.8. The Bertz CT molecular complexity index is 264. The molecule has 3 heteroatoms. The summed E-state index contributed by atoms with van der Waals surface area (Å²) in [5, 5.41) is 6.68. The molecule has 0 aromatic rings. The van der Waals surface area contributed by atoms with Gasteiger partial charge < -0.3 is 10.6 Å². The van der Waals surface area contributed by atoms with Crippen molar-refractivity contribution in [3.63, 3.8) is 0 Å². The molecule has 0 aliphatic rings. The first-order valence-corrected chi connectivity index (χ1v) is 7.56. The monoisotopic (exact) mass is 268 g/mol. The summed E-state index contributed by atoms with van der Waals surface area (Å²) in [4.78, 5) is 11.8. The van der Waals surface area contributed by atoms with E-state index < -0.39 is 0 Å². The normalized spacial score (nSPS) is 11.0. The predicted octanol–water partition coefficient (Wildman–Crippen LogP) is 3.32. The van der Waals surface area contributed by atoms with E-state index in [2.05, 4.69) is 38.3 Å². The first-order chi connectivity index (χ1) is 8.82. The van der Waals surface area contributed by atoms with Gasteiger partial charge in [-0.1, -0.05) is 41.5 Å². The Labute approximate surface area is 119 Å². The van der Waals surface area contributed by atoms with E-state index in [0.29, 0.717) is 11.8 Å². The molecule has 2 N–H and O–H groups in total. The van der Waals surface area contributed by atoms with E-state index >= 15 is 0 Å². The first-order valence-electron chi connectivity index (χ1n) is 7.56. The predicted molar refractivity (Wildman–Crippen MR) is 82.8 cm³/mol. The maximum Gasteiger partial charge on any atom is 0.161 e. The maximum atomic E-state index is 11.8. The molecule has 0 rings (SSSR count). The zero-order valence-corrected chi connectivity index (χ0v) is 13.5. The van der Waals surface area contributed by atoms with Gasteiger partial charge in [-0.05, 0) is 24.7 Å². The van der Waals surface area contributed by atoms with Crippen LogP contribution in [-0.2, 0) is 4.79 Å². The quantitative estimate of drug-likeness (QED) is 0.597. The Hall–Kier alpha value is -0.990. The molecule has 0 spiro atoms. The fourth-order valence-corrected chi connectivity index (χ4v) is 1.46. The number of nitrogens with one attached hydrogen (secondary N) is 2. The highest BCUT2D eigenvalue weighted by molar-refractivity contribution is 5.91. The van der Waals surface area contributed by atoms with E-state index in [0.717, 1.165) is 31.8 Å². The van der Waals surface area contributed by atoms with Gasteiger partial charge in [0, 0.05) is 25.1 Å². The van der Waals surface area contributed by atoms with Crippen molar-refractivity contribution < 1.29 is 4.79 Å². The minimum absolute atomic E-state index is 0.0498. The Morgan fingerprint density at radius 2 is 1.32 bits per heavy atom. The Balaban J connectivity index is 4.33. The van der Waals surface area contributed by atoms with Gasteiger partial charge in [-0.2, -0.15) is 0 Å². The number of allylic oxidation sites excluding steroid dienone is 1. The van der Waals surface area contributed by atoms with Crippen LogP contribution in [0.2, 0.25) is 0 Å². The molecular weight excluding hydrogens is 236 g/mol. The fourth-order valence-electron chi connectivity index (χ4n) is 1.46. The van der Waals surface area contributed by atoms with Crippen LogP contribution < -0.4 is 10.6 Å². The lowest BCUT2D eigenvalue weighted by atomic mass is 10.1. The van der Waals surface area contributed by atoms with Crippen molar-refractivity contribution in [2.75, 3.05) is 13.1 Å². The van der Waals surface area contributed by atoms with E-state index in [1.807, 2.05) is 13.8 Å². The number of rotatable bonds is 10. The third kappa shape index (κ3) is 10.6. The van der Waals surface area contributed by atoms with E-state index in [4.69, 9.17) is 0 Å². The molecular formula is C16H32N2O. The van der Waals surface area contributed by atoms with Crippen molar-refractivity contribution in [1.29, 1.82) is 0 Å². The molecule has 0 aliphatic carbocycles. The molecule has 19 heavy (non-hydrogen) atoms. The van der Waals surface area contributed by atoms with E-state index in [9.17, 15) is 4.79 Å². The fraction of sp³-hybridized carbons (Fsp3) is 0.812. The Morgan fingerprint density at radius 3 is 1.63 bits per heavy atom. The van der Waals surface area contributed by atoms with Gasteiger partial charge in [0.2, 0.25) is 0 Å². The van der Waals surface area contributed by atoms with Crippen molar-refractivity contribution in [1.82, 2.24) is 10.6 Å². The Morgan fingerprint density at radius 1 is 0.895 bits per heavy atom. The molecule has 0 saturated carbocycles. The summed E-state index contributed by atoms with van der Waals surface area (Å²) in [6.07, 6.45) is 3.93. The molecule has 112 valence electrons. The average Bonchev–Trinajstić information content (AvgIpc) is 2.27. The van der Waals surface area contributed by atoms with Crippen LogP contribution in [0.3, 0.4) is 0 Å². The molecule has 0 unspecified atom stereocenters. The van der Waals surface area contributed by atoms with Gasteiger partial charge in [-0.3, -0.25) is 4.79 Å². The van der Waals surface area contributed by atoms with Crippen molar-refractivity contribution in [2.24, 2.45) is 17.8 Å². The van der Waals surface area contributed by atoms with Crippen molar-refractivity contribution in [3.8, 4) is 0 Å². The van der Waals surface area contributed by atoms with Crippen LogP contribution in [0.4, 0.5) is 0 Å². The molecule has 0 aliphatic heterocycles. The van der Waals surface area contributed by atoms with Gasteiger partial charge in [-0.15, -0.1) is 0 Å². The minimum atomic E-state index is 0.0498. The summed E-state index contributed by atoms with van der Waals surface area (Å²) < 4.78 is 0. The van der Waals surface area contributed by atoms with Gasteiger partial charge >= 0.3 is 0 Å². The molecule has 0 radical (unpaired) electrons. The number of hydrogen-bond donors (Lipinski definition) is 2. The maximum absolute atomic E-state index is 11.8. The van der Waals surface area contributed by atoms with Gasteiger partial charge in [-0.25, -0.2) is 0 Å². The number of hydrogen-bond acceptors (Lipinski definition) is 3. The second-order valence-corrected chi connectivity index (χ2v) is 6.33. The van der Waals surface area contributed by atoms with Crippen molar-refractivity contribution in [2.45, 2.75) is 54.4 Å².